The summed E-state index contributed by atoms with van der Waals surface area (Å²) in [5.41, 5.74) is 2.58. The van der Waals surface area contributed by atoms with Crippen molar-refractivity contribution in [1.29, 1.82) is 0 Å². The minimum absolute atomic E-state index is 0.117. The summed E-state index contributed by atoms with van der Waals surface area (Å²) in [7, 11) is 0. The summed E-state index contributed by atoms with van der Waals surface area (Å²) in [5, 5.41) is 10.0. The second kappa shape index (κ2) is 7.32. The number of fused-ring (bicyclic) bond motifs is 1. The molecule has 4 rings (SSSR count). The molecule has 0 saturated carbocycles. The topological polar surface area (TPSA) is 89.4 Å². The lowest BCUT2D eigenvalue weighted by molar-refractivity contribution is 0.687. The van der Waals surface area contributed by atoms with Crippen LogP contribution in [-0.2, 0) is 12.3 Å². The number of rotatable bonds is 5. The molecular weight excluding hydrogens is 360 g/mol. The molecule has 0 radical (unpaired) electrons. The van der Waals surface area contributed by atoms with E-state index in [2.05, 4.69) is 32.1 Å². The fourth-order valence-electron chi connectivity index (χ4n) is 2.95. The first-order valence-electron chi connectivity index (χ1n) is 8.62. The van der Waals surface area contributed by atoms with Crippen molar-refractivity contribution < 1.29 is 0 Å². The fraction of sp³-hybridized carbons (Fsp3) is 0.211. The van der Waals surface area contributed by atoms with Gasteiger partial charge in [0.05, 0.1) is 16.7 Å². The zero-order chi connectivity index (χ0) is 18.8. The molecule has 0 atom stereocenters. The largest absolute Gasteiger partial charge is 0.309 e. The fourth-order valence-corrected chi connectivity index (χ4v) is 3.82. The summed E-state index contributed by atoms with van der Waals surface area (Å²) in [5.74, 6) is 1.94. The van der Waals surface area contributed by atoms with Crippen molar-refractivity contribution in [2.24, 2.45) is 0 Å². The molecular formula is C19H18N6OS. The normalized spacial score (nSPS) is 11.2. The van der Waals surface area contributed by atoms with Crippen LogP contribution in [0.4, 0.5) is 0 Å². The van der Waals surface area contributed by atoms with Crippen molar-refractivity contribution in [1.82, 2.24) is 29.7 Å². The molecule has 0 fully saturated rings. The SMILES string of the molecule is CCn1c(SCc2nc3c(C)cccc3c(=O)[nH]2)nnc1-c1ccncc1. The van der Waals surface area contributed by atoms with E-state index in [0.717, 1.165) is 34.2 Å². The molecule has 3 aromatic heterocycles. The molecule has 0 aliphatic carbocycles. The lowest BCUT2D eigenvalue weighted by Crippen LogP contribution is -2.12. The van der Waals surface area contributed by atoms with Gasteiger partial charge in [-0.25, -0.2) is 4.98 Å². The van der Waals surface area contributed by atoms with Gasteiger partial charge in [-0.1, -0.05) is 23.9 Å². The van der Waals surface area contributed by atoms with E-state index in [1.54, 1.807) is 18.5 Å². The highest BCUT2D eigenvalue weighted by molar-refractivity contribution is 7.98. The number of H-pyrrole nitrogens is 1. The first-order chi connectivity index (χ1) is 13.2. The molecule has 0 unspecified atom stereocenters. The van der Waals surface area contributed by atoms with Crippen molar-refractivity contribution in [3.63, 3.8) is 0 Å². The molecule has 0 saturated heterocycles. The van der Waals surface area contributed by atoms with Crippen LogP contribution < -0.4 is 5.56 Å². The summed E-state index contributed by atoms with van der Waals surface area (Å²) < 4.78 is 2.05. The van der Waals surface area contributed by atoms with E-state index in [9.17, 15) is 4.79 Å². The van der Waals surface area contributed by atoms with Crippen LogP contribution in [0.2, 0.25) is 0 Å². The number of para-hydroxylation sites is 1. The first-order valence-corrected chi connectivity index (χ1v) is 9.61. The third-order valence-corrected chi connectivity index (χ3v) is 5.27. The van der Waals surface area contributed by atoms with Crippen molar-refractivity contribution in [3.8, 4) is 11.4 Å². The van der Waals surface area contributed by atoms with Gasteiger partial charge in [0.1, 0.15) is 5.82 Å². The van der Waals surface area contributed by atoms with Gasteiger partial charge >= 0.3 is 0 Å². The van der Waals surface area contributed by atoms with E-state index in [-0.39, 0.29) is 5.56 Å². The smallest absolute Gasteiger partial charge is 0.258 e. The van der Waals surface area contributed by atoms with Crippen LogP contribution in [0.3, 0.4) is 0 Å². The molecule has 0 aliphatic rings. The van der Waals surface area contributed by atoms with Crippen LogP contribution >= 0.6 is 11.8 Å². The Balaban J connectivity index is 1.63. The van der Waals surface area contributed by atoms with E-state index in [4.69, 9.17) is 0 Å². The van der Waals surface area contributed by atoms with Crippen LogP contribution in [0.1, 0.15) is 18.3 Å². The van der Waals surface area contributed by atoms with Crippen molar-refractivity contribution in [3.05, 3.63) is 64.5 Å². The van der Waals surface area contributed by atoms with Crippen molar-refractivity contribution >= 4 is 22.7 Å². The molecule has 1 aromatic carbocycles. The Morgan fingerprint density at radius 3 is 2.74 bits per heavy atom. The first kappa shape index (κ1) is 17.4. The molecule has 27 heavy (non-hydrogen) atoms. The van der Waals surface area contributed by atoms with E-state index in [0.29, 0.717) is 17.0 Å². The molecule has 4 aromatic rings. The Kier molecular flexibility index (Phi) is 4.72. The lowest BCUT2D eigenvalue weighted by atomic mass is 10.1. The molecule has 7 nitrogen and oxygen atoms in total. The highest BCUT2D eigenvalue weighted by Crippen LogP contribution is 2.25. The van der Waals surface area contributed by atoms with E-state index in [1.165, 1.54) is 11.8 Å². The third-order valence-electron chi connectivity index (χ3n) is 4.30. The number of benzene rings is 1. The van der Waals surface area contributed by atoms with E-state index in [1.807, 2.05) is 35.8 Å². The quantitative estimate of drug-likeness (QED) is 0.537. The summed E-state index contributed by atoms with van der Waals surface area (Å²) >= 11 is 1.50. The molecule has 136 valence electrons. The second-order valence-electron chi connectivity index (χ2n) is 6.06. The van der Waals surface area contributed by atoms with Gasteiger partial charge in [0.2, 0.25) is 0 Å². The number of aryl methyl sites for hydroxylation is 1. The number of hydrogen-bond donors (Lipinski definition) is 1. The molecule has 3 heterocycles. The summed E-state index contributed by atoms with van der Waals surface area (Å²) in [4.78, 5) is 23.9. The summed E-state index contributed by atoms with van der Waals surface area (Å²) in [6.07, 6.45) is 3.48. The van der Waals surface area contributed by atoms with E-state index < -0.39 is 0 Å². The van der Waals surface area contributed by atoms with Crippen LogP contribution in [0.25, 0.3) is 22.3 Å². The minimum atomic E-state index is -0.117. The Bertz CT molecular complexity index is 1150. The predicted molar refractivity (Wildman–Crippen MR) is 106 cm³/mol. The maximum atomic E-state index is 12.3. The zero-order valence-electron chi connectivity index (χ0n) is 15.0. The summed E-state index contributed by atoms with van der Waals surface area (Å²) in [6.45, 7) is 4.76. The number of hydrogen-bond acceptors (Lipinski definition) is 6. The monoisotopic (exact) mass is 378 g/mol. The van der Waals surface area contributed by atoms with Gasteiger partial charge in [-0.15, -0.1) is 10.2 Å². The van der Waals surface area contributed by atoms with Crippen molar-refractivity contribution in [2.75, 3.05) is 0 Å². The maximum absolute atomic E-state index is 12.3. The highest BCUT2D eigenvalue weighted by atomic mass is 32.2. The second-order valence-corrected chi connectivity index (χ2v) is 7.00. The molecule has 0 aliphatic heterocycles. The Labute approximate surface area is 159 Å². The van der Waals surface area contributed by atoms with Crippen LogP contribution in [0.15, 0.2) is 52.7 Å². The Morgan fingerprint density at radius 1 is 1.15 bits per heavy atom. The highest BCUT2D eigenvalue weighted by Gasteiger charge is 2.14. The molecule has 0 amide bonds. The van der Waals surface area contributed by atoms with Gasteiger partial charge in [0.25, 0.3) is 5.56 Å². The minimum Gasteiger partial charge on any atom is -0.309 e. The van der Waals surface area contributed by atoms with Gasteiger partial charge in [0, 0.05) is 24.5 Å². The predicted octanol–water partition coefficient (Wildman–Crippen LogP) is 3.20. The number of nitrogens with zero attached hydrogens (tertiary/aromatic N) is 5. The number of aromatic amines is 1. The average molecular weight is 378 g/mol. The van der Waals surface area contributed by atoms with Gasteiger partial charge in [-0.05, 0) is 37.6 Å². The number of nitrogens with one attached hydrogen (secondary N) is 1. The number of thioether (sulfide) groups is 1. The molecule has 0 spiro atoms. The molecule has 0 bridgehead atoms. The maximum Gasteiger partial charge on any atom is 0.258 e. The molecule has 1 N–H and O–H groups in total. The lowest BCUT2D eigenvalue weighted by Gasteiger charge is -2.08. The van der Waals surface area contributed by atoms with Crippen molar-refractivity contribution in [2.45, 2.75) is 31.3 Å². The number of aromatic nitrogens is 6. The van der Waals surface area contributed by atoms with E-state index >= 15 is 0 Å². The van der Waals surface area contributed by atoms with Crippen LogP contribution in [0.5, 0.6) is 0 Å². The zero-order valence-corrected chi connectivity index (χ0v) is 15.8. The Hall–Kier alpha value is -3.00. The number of pyridine rings is 1. The van der Waals surface area contributed by atoms with Crippen LogP contribution in [-0.4, -0.2) is 29.7 Å². The Morgan fingerprint density at radius 2 is 1.96 bits per heavy atom. The standard InChI is InChI=1S/C19H18N6OS/c1-3-25-17(13-7-9-20-10-8-13)23-24-19(25)27-11-15-21-16-12(2)5-4-6-14(16)18(26)22-15/h4-10H,3,11H2,1-2H3,(H,21,22,26). The van der Waals surface area contributed by atoms with Crippen LogP contribution in [0, 0.1) is 6.92 Å². The summed E-state index contributed by atoms with van der Waals surface area (Å²) in [6, 6.07) is 9.44. The van der Waals surface area contributed by atoms with Gasteiger partial charge in [0.15, 0.2) is 11.0 Å². The van der Waals surface area contributed by atoms with Gasteiger partial charge < -0.3 is 9.55 Å². The molecule has 8 heteroatoms. The third kappa shape index (κ3) is 3.35. The van der Waals surface area contributed by atoms with Gasteiger partial charge in [-0.2, -0.15) is 0 Å². The average Bonchev–Trinajstić information content (AvgIpc) is 3.11. The van der Waals surface area contributed by atoms with Gasteiger partial charge in [-0.3, -0.25) is 9.78 Å².